The van der Waals surface area contributed by atoms with Gasteiger partial charge in [-0.1, -0.05) is 35.6 Å². The molecule has 2 atom stereocenters. The number of hydrogen-bond donors (Lipinski definition) is 2. The Bertz CT molecular complexity index is 1200. The van der Waals surface area contributed by atoms with E-state index >= 15 is 0 Å². The van der Waals surface area contributed by atoms with Crippen LogP contribution in [0.1, 0.15) is 22.6 Å². The molecule has 0 radical (unpaired) electrons. The molecule has 36 heavy (non-hydrogen) atoms. The third-order valence-electron chi connectivity index (χ3n) is 6.45. The fraction of sp³-hybridized carbons (Fsp3) is 0.385. The Morgan fingerprint density at radius 1 is 1.11 bits per heavy atom. The van der Waals surface area contributed by atoms with Gasteiger partial charge in [0.05, 0.1) is 18.6 Å². The minimum absolute atomic E-state index is 0.0695. The van der Waals surface area contributed by atoms with Gasteiger partial charge in [0, 0.05) is 38.2 Å². The molecular weight excluding hydrogens is 481 g/mol. The van der Waals surface area contributed by atoms with Crippen molar-refractivity contribution in [1.29, 1.82) is 0 Å². The number of benzene rings is 2. The number of morpholine rings is 1. The average molecular weight is 510 g/mol. The molecule has 0 aliphatic carbocycles. The maximum absolute atomic E-state index is 13.1. The van der Waals surface area contributed by atoms with E-state index in [4.69, 9.17) is 4.74 Å². The van der Waals surface area contributed by atoms with E-state index in [1.807, 2.05) is 24.3 Å². The number of aromatic nitrogens is 2. The first-order valence-corrected chi connectivity index (χ1v) is 12.9. The van der Waals surface area contributed by atoms with Crippen LogP contribution in [0.3, 0.4) is 0 Å². The summed E-state index contributed by atoms with van der Waals surface area (Å²) >= 11 is 1.31. The zero-order valence-corrected chi connectivity index (χ0v) is 20.6. The molecule has 5 rings (SSSR count). The van der Waals surface area contributed by atoms with Gasteiger partial charge < -0.3 is 20.3 Å². The van der Waals surface area contributed by atoms with Crippen LogP contribution in [0, 0.1) is 11.7 Å². The van der Waals surface area contributed by atoms with Crippen molar-refractivity contribution in [1.82, 2.24) is 15.5 Å². The average Bonchev–Trinajstić information content (AvgIpc) is 3.51. The molecule has 1 aromatic heterocycles. The highest BCUT2D eigenvalue weighted by Crippen LogP contribution is 2.27. The molecule has 2 fully saturated rings. The number of anilines is 2. The highest BCUT2D eigenvalue weighted by Gasteiger charge is 2.35. The van der Waals surface area contributed by atoms with E-state index in [9.17, 15) is 14.0 Å². The summed E-state index contributed by atoms with van der Waals surface area (Å²) in [6, 6.07) is 14.3. The number of nitrogens with one attached hydrogen (secondary N) is 2. The summed E-state index contributed by atoms with van der Waals surface area (Å²) in [7, 11) is 0. The van der Waals surface area contributed by atoms with Gasteiger partial charge >= 0.3 is 0 Å². The first-order chi connectivity index (χ1) is 17.5. The van der Waals surface area contributed by atoms with Crippen LogP contribution in [-0.2, 0) is 33.6 Å². The molecular formula is C26H28FN5O3S. The predicted molar refractivity (Wildman–Crippen MR) is 136 cm³/mol. The molecule has 2 aromatic carbocycles. The lowest BCUT2D eigenvalue weighted by Gasteiger charge is -2.24. The van der Waals surface area contributed by atoms with Gasteiger partial charge in [0.2, 0.25) is 16.9 Å². The lowest BCUT2D eigenvalue weighted by molar-refractivity contribution is -0.122. The van der Waals surface area contributed by atoms with E-state index in [2.05, 4.69) is 20.8 Å². The van der Waals surface area contributed by atoms with E-state index in [1.54, 1.807) is 17.0 Å². The molecule has 2 amide bonds. The molecule has 3 heterocycles. The van der Waals surface area contributed by atoms with Crippen molar-refractivity contribution >= 4 is 34.0 Å². The van der Waals surface area contributed by atoms with Crippen LogP contribution in [0.4, 0.5) is 15.2 Å². The van der Waals surface area contributed by atoms with Crippen molar-refractivity contribution in [3.8, 4) is 0 Å². The largest absolute Gasteiger partial charge is 0.375 e. The van der Waals surface area contributed by atoms with E-state index in [-0.39, 0.29) is 30.2 Å². The van der Waals surface area contributed by atoms with E-state index < -0.39 is 5.92 Å². The smallest absolute Gasteiger partial charge is 0.231 e. The van der Waals surface area contributed by atoms with Gasteiger partial charge in [0.25, 0.3) is 0 Å². The monoisotopic (exact) mass is 509 g/mol. The number of ether oxygens (including phenoxy) is 1. The second kappa shape index (κ2) is 11.2. The summed E-state index contributed by atoms with van der Waals surface area (Å²) in [5.41, 5.74) is 2.95. The van der Waals surface area contributed by atoms with E-state index in [0.717, 1.165) is 47.9 Å². The van der Waals surface area contributed by atoms with Crippen molar-refractivity contribution in [2.24, 2.45) is 5.92 Å². The van der Waals surface area contributed by atoms with Crippen LogP contribution in [0.2, 0.25) is 0 Å². The maximum Gasteiger partial charge on any atom is 0.231 e. The molecule has 10 heteroatoms. The number of aryl methyl sites for hydroxylation is 2. The van der Waals surface area contributed by atoms with Crippen LogP contribution >= 0.6 is 11.3 Å². The Kier molecular flexibility index (Phi) is 7.64. The zero-order valence-electron chi connectivity index (χ0n) is 19.8. The molecule has 2 aliphatic heterocycles. The molecule has 2 N–H and O–H groups in total. The number of hydrogen-bond acceptors (Lipinski definition) is 7. The summed E-state index contributed by atoms with van der Waals surface area (Å²) in [5.74, 6) is -1.01. The minimum atomic E-state index is -0.453. The summed E-state index contributed by atoms with van der Waals surface area (Å²) in [6.45, 7) is 2.78. The SMILES string of the molecule is O=C(Nc1nnc(CCc2ccc(F)cc2)s1)[C@H]1CC(=O)N(c2ccc(CC3CNCCO3)cc2)C1. The quantitative estimate of drug-likeness (QED) is 0.485. The molecule has 188 valence electrons. The summed E-state index contributed by atoms with van der Waals surface area (Å²) in [4.78, 5) is 27.2. The second-order valence-electron chi connectivity index (χ2n) is 9.09. The molecule has 2 aliphatic rings. The first-order valence-electron chi connectivity index (χ1n) is 12.1. The predicted octanol–water partition coefficient (Wildman–Crippen LogP) is 2.98. The van der Waals surface area contributed by atoms with Crippen LogP contribution < -0.4 is 15.5 Å². The first kappa shape index (κ1) is 24.5. The Morgan fingerprint density at radius 2 is 1.89 bits per heavy atom. The zero-order chi connectivity index (χ0) is 24.9. The highest BCUT2D eigenvalue weighted by molar-refractivity contribution is 7.15. The van der Waals surface area contributed by atoms with Gasteiger partial charge in [-0.2, -0.15) is 0 Å². The Hall–Kier alpha value is -3.21. The minimum Gasteiger partial charge on any atom is -0.375 e. The number of nitrogens with zero attached hydrogens (tertiary/aromatic N) is 3. The van der Waals surface area contributed by atoms with Crippen molar-refractivity contribution in [2.45, 2.75) is 31.8 Å². The van der Waals surface area contributed by atoms with Crippen molar-refractivity contribution < 1.29 is 18.7 Å². The van der Waals surface area contributed by atoms with Crippen molar-refractivity contribution in [2.75, 3.05) is 36.5 Å². The maximum atomic E-state index is 13.1. The molecule has 8 nitrogen and oxygen atoms in total. The fourth-order valence-corrected chi connectivity index (χ4v) is 5.22. The molecule has 3 aromatic rings. The van der Waals surface area contributed by atoms with E-state index in [1.165, 1.54) is 23.5 Å². The number of carbonyl (C=O) groups excluding carboxylic acids is 2. The Morgan fingerprint density at radius 3 is 2.64 bits per heavy atom. The summed E-state index contributed by atoms with van der Waals surface area (Å²) in [6.07, 6.45) is 2.49. The normalized spacial score (nSPS) is 20.0. The van der Waals surface area contributed by atoms with Crippen LogP contribution in [0.5, 0.6) is 0 Å². The van der Waals surface area contributed by atoms with Crippen LogP contribution in [0.15, 0.2) is 48.5 Å². The lowest BCUT2D eigenvalue weighted by atomic mass is 10.1. The van der Waals surface area contributed by atoms with Gasteiger partial charge in [-0.3, -0.25) is 9.59 Å². The van der Waals surface area contributed by atoms with E-state index in [0.29, 0.717) is 24.5 Å². The number of amides is 2. The molecule has 2 saturated heterocycles. The standard InChI is InChI=1S/C26H28FN5O3S/c27-20-6-1-17(2-7-20)5-10-23-30-31-26(36-23)29-25(34)19-14-24(33)32(16-19)21-8-3-18(4-9-21)13-22-15-28-11-12-35-22/h1-4,6-9,19,22,28H,5,10-16H2,(H,29,31,34)/t19-,22?/m0/s1. The number of rotatable bonds is 8. The van der Waals surface area contributed by atoms with Crippen LogP contribution in [0.25, 0.3) is 0 Å². The summed E-state index contributed by atoms with van der Waals surface area (Å²) < 4.78 is 18.8. The molecule has 0 spiro atoms. The Labute approximate surface area is 212 Å². The number of carbonyl (C=O) groups is 2. The van der Waals surface area contributed by atoms with Gasteiger partial charge in [-0.25, -0.2) is 4.39 Å². The third kappa shape index (κ3) is 6.13. The highest BCUT2D eigenvalue weighted by atomic mass is 32.1. The fourth-order valence-electron chi connectivity index (χ4n) is 4.47. The van der Waals surface area contributed by atoms with Crippen LogP contribution in [-0.4, -0.2) is 54.4 Å². The van der Waals surface area contributed by atoms with Gasteiger partial charge in [-0.05, 0) is 48.2 Å². The molecule has 1 unspecified atom stereocenters. The summed E-state index contributed by atoms with van der Waals surface area (Å²) in [5, 5.41) is 15.6. The van der Waals surface area contributed by atoms with Gasteiger partial charge in [0.1, 0.15) is 10.8 Å². The molecule has 0 bridgehead atoms. The van der Waals surface area contributed by atoms with Crippen molar-refractivity contribution in [3.63, 3.8) is 0 Å². The topological polar surface area (TPSA) is 96.5 Å². The Balaban J connectivity index is 1.12. The third-order valence-corrected chi connectivity index (χ3v) is 7.35. The number of halogens is 1. The van der Waals surface area contributed by atoms with Gasteiger partial charge in [-0.15, -0.1) is 10.2 Å². The molecule has 0 saturated carbocycles. The second-order valence-corrected chi connectivity index (χ2v) is 10.2. The van der Waals surface area contributed by atoms with Crippen molar-refractivity contribution in [3.05, 3.63) is 70.5 Å². The van der Waals surface area contributed by atoms with Gasteiger partial charge in [0.15, 0.2) is 0 Å². The lowest BCUT2D eigenvalue weighted by Crippen LogP contribution is -2.39.